The average Bonchev–Trinajstić information content (AvgIpc) is 2.65. The summed E-state index contributed by atoms with van der Waals surface area (Å²) < 4.78 is 5.25. The predicted octanol–water partition coefficient (Wildman–Crippen LogP) is 6.57. The first-order valence-electron chi connectivity index (χ1n) is 9.72. The lowest BCUT2D eigenvalue weighted by molar-refractivity contribution is 0.0461. The summed E-state index contributed by atoms with van der Waals surface area (Å²) in [5.74, 6) is 0. The van der Waals surface area contributed by atoms with Gasteiger partial charge >= 0.3 is 6.16 Å². The maximum atomic E-state index is 11.2. The Bertz CT molecular complexity index is 652. The van der Waals surface area contributed by atoms with Gasteiger partial charge in [0.25, 0.3) is 0 Å². The lowest BCUT2D eigenvalue weighted by atomic mass is 9.94. The molecule has 0 aromatic heterocycles. The molecule has 140 valence electrons. The van der Waals surface area contributed by atoms with Gasteiger partial charge in [-0.2, -0.15) is 0 Å². The average molecular weight is 354 g/mol. The molecule has 0 fully saturated rings. The first-order valence-corrected chi connectivity index (χ1v) is 9.72. The van der Waals surface area contributed by atoms with E-state index in [2.05, 4.69) is 37.3 Å². The van der Waals surface area contributed by atoms with Gasteiger partial charge in [0, 0.05) is 0 Å². The second-order valence-corrected chi connectivity index (χ2v) is 6.76. The molecule has 2 aromatic rings. The van der Waals surface area contributed by atoms with Gasteiger partial charge in [0.05, 0.1) is 0 Å². The van der Waals surface area contributed by atoms with Crippen LogP contribution in [0.5, 0.6) is 0 Å². The van der Waals surface area contributed by atoms with Gasteiger partial charge in [0.1, 0.15) is 6.10 Å². The van der Waals surface area contributed by atoms with Crippen molar-refractivity contribution in [3.63, 3.8) is 0 Å². The Kier molecular flexibility index (Phi) is 8.74. The van der Waals surface area contributed by atoms with Crippen molar-refractivity contribution in [1.29, 1.82) is 0 Å². The van der Waals surface area contributed by atoms with E-state index < -0.39 is 6.16 Å². The Morgan fingerprint density at radius 3 is 2.35 bits per heavy atom. The number of carbonyl (C=O) groups is 1. The molecule has 0 radical (unpaired) electrons. The van der Waals surface area contributed by atoms with Crippen LogP contribution in [0.1, 0.15) is 68.2 Å². The highest BCUT2D eigenvalue weighted by Crippen LogP contribution is 2.28. The number of ether oxygens (including phenoxy) is 1. The molecule has 1 atom stereocenters. The van der Waals surface area contributed by atoms with Crippen molar-refractivity contribution in [2.45, 2.75) is 64.4 Å². The monoisotopic (exact) mass is 354 g/mol. The van der Waals surface area contributed by atoms with E-state index in [9.17, 15) is 4.79 Å². The third-order valence-corrected chi connectivity index (χ3v) is 4.72. The first-order chi connectivity index (χ1) is 12.7. The number of unbranched alkanes of at least 4 members (excludes halogenated alkanes) is 3. The molecule has 0 spiro atoms. The molecule has 3 nitrogen and oxygen atoms in total. The van der Waals surface area contributed by atoms with Crippen molar-refractivity contribution < 1.29 is 14.6 Å². The van der Waals surface area contributed by atoms with Gasteiger partial charge in [0.2, 0.25) is 0 Å². The highest BCUT2D eigenvalue weighted by Gasteiger charge is 2.19. The zero-order valence-electron chi connectivity index (χ0n) is 15.7. The Morgan fingerprint density at radius 1 is 0.923 bits per heavy atom. The van der Waals surface area contributed by atoms with Crippen molar-refractivity contribution in [3.05, 3.63) is 71.3 Å². The highest BCUT2D eigenvalue weighted by atomic mass is 16.7. The summed E-state index contributed by atoms with van der Waals surface area (Å²) in [6, 6.07) is 18.5. The molecule has 3 heteroatoms. The molecule has 0 heterocycles. The summed E-state index contributed by atoms with van der Waals surface area (Å²) in [4.78, 5) is 11.2. The van der Waals surface area contributed by atoms with Crippen LogP contribution in [0.2, 0.25) is 0 Å². The summed E-state index contributed by atoms with van der Waals surface area (Å²) in [5, 5.41) is 9.16. The van der Waals surface area contributed by atoms with Crippen molar-refractivity contribution in [2.24, 2.45) is 0 Å². The van der Waals surface area contributed by atoms with E-state index in [1.54, 1.807) is 0 Å². The number of carboxylic acid groups (broad SMARTS) is 1. The molecule has 1 unspecified atom stereocenters. The van der Waals surface area contributed by atoms with Crippen LogP contribution in [-0.4, -0.2) is 11.3 Å². The van der Waals surface area contributed by atoms with Gasteiger partial charge in [-0.25, -0.2) is 4.79 Å². The summed E-state index contributed by atoms with van der Waals surface area (Å²) in [6.45, 7) is 2.19. The first kappa shape index (κ1) is 20.0. The highest BCUT2D eigenvalue weighted by molar-refractivity contribution is 5.57. The molecule has 0 amide bonds. The zero-order chi connectivity index (χ0) is 18.6. The van der Waals surface area contributed by atoms with Gasteiger partial charge in [-0.1, -0.05) is 74.4 Å². The molecule has 0 aliphatic heterocycles. The summed E-state index contributed by atoms with van der Waals surface area (Å²) in [6.07, 6.45) is 6.62. The maximum absolute atomic E-state index is 11.2. The minimum Gasteiger partial charge on any atom is -0.450 e. The minimum absolute atomic E-state index is 0.374. The van der Waals surface area contributed by atoms with Crippen LogP contribution < -0.4 is 0 Å². The molecule has 2 rings (SSSR count). The SMILES string of the molecule is CCCCCc1ccccc1C(CCCCc1ccccc1)OC(=O)O. The topological polar surface area (TPSA) is 46.5 Å². The summed E-state index contributed by atoms with van der Waals surface area (Å²) in [5.41, 5.74) is 3.57. The summed E-state index contributed by atoms with van der Waals surface area (Å²) in [7, 11) is 0. The van der Waals surface area contributed by atoms with Crippen molar-refractivity contribution in [2.75, 3.05) is 0 Å². The van der Waals surface area contributed by atoms with E-state index in [1.807, 2.05) is 24.3 Å². The number of benzene rings is 2. The third kappa shape index (κ3) is 6.91. The fourth-order valence-electron chi connectivity index (χ4n) is 3.34. The molecule has 2 aromatic carbocycles. The third-order valence-electron chi connectivity index (χ3n) is 4.72. The lowest BCUT2D eigenvalue weighted by Crippen LogP contribution is -2.12. The van der Waals surface area contributed by atoms with Gasteiger partial charge in [-0.05, 0) is 55.2 Å². The Labute approximate surface area is 157 Å². The smallest absolute Gasteiger partial charge is 0.450 e. The molecular weight excluding hydrogens is 324 g/mol. The number of rotatable bonds is 11. The molecule has 0 aliphatic rings. The van der Waals surface area contributed by atoms with Crippen LogP contribution in [0, 0.1) is 0 Å². The van der Waals surface area contributed by atoms with Crippen LogP contribution >= 0.6 is 0 Å². The predicted molar refractivity (Wildman–Crippen MR) is 106 cm³/mol. The lowest BCUT2D eigenvalue weighted by Gasteiger charge is -2.20. The maximum Gasteiger partial charge on any atom is 0.506 e. The van der Waals surface area contributed by atoms with E-state index in [0.717, 1.165) is 44.1 Å². The Hall–Kier alpha value is -2.29. The fraction of sp³-hybridized carbons (Fsp3) is 0.435. The van der Waals surface area contributed by atoms with E-state index in [4.69, 9.17) is 9.84 Å². The standard InChI is InChI=1S/C23H30O3/c1-2-3-5-15-20-16-9-10-17-21(20)22(26-23(24)25)18-11-8-14-19-12-6-4-7-13-19/h4,6-7,9-10,12-13,16-17,22H,2-3,5,8,11,14-15,18H2,1H3,(H,24,25). The molecular formula is C23H30O3. The Morgan fingerprint density at radius 2 is 1.62 bits per heavy atom. The number of aryl methyl sites for hydroxylation is 2. The molecule has 26 heavy (non-hydrogen) atoms. The van der Waals surface area contributed by atoms with E-state index in [0.29, 0.717) is 0 Å². The number of hydrogen-bond donors (Lipinski definition) is 1. The molecule has 0 saturated heterocycles. The molecule has 0 saturated carbocycles. The van der Waals surface area contributed by atoms with Crippen LogP contribution in [0.3, 0.4) is 0 Å². The zero-order valence-corrected chi connectivity index (χ0v) is 15.7. The number of hydrogen-bond acceptors (Lipinski definition) is 2. The summed E-state index contributed by atoms with van der Waals surface area (Å²) >= 11 is 0. The minimum atomic E-state index is -1.19. The van der Waals surface area contributed by atoms with Crippen LogP contribution in [-0.2, 0) is 17.6 Å². The van der Waals surface area contributed by atoms with Crippen molar-refractivity contribution in [1.82, 2.24) is 0 Å². The fourth-order valence-corrected chi connectivity index (χ4v) is 3.34. The second kappa shape index (κ2) is 11.3. The second-order valence-electron chi connectivity index (χ2n) is 6.76. The van der Waals surface area contributed by atoms with E-state index >= 15 is 0 Å². The van der Waals surface area contributed by atoms with Crippen LogP contribution in [0.4, 0.5) is 4.79 Å². The van der Waals surface area contributed by atoms with Gasteiger partial charge in [0.15, 0.2) is 0 Å². The largest absolute Gasteiger partial charge is 0.506 e. The molecule has 0 bridgehead atoms. The van der Waals surface area contributed by atoms with Gasteiger partial charge in [-0.15, -0.1) is 0 Å². The van der Waals surface area contributed by atoms with Crippen LogP contribution in [0.25, 0.3) is 0 Å². The van der Waals surface area contributed by atoms with Crippen molar-refractivity contribution >= 4 is 6.16 Å². The quantitative estimate of drug-likeness (QED) is 0.367. The molecule has 0 aliphatic carbocycles. The normalized spacial score (nSPS) is 11.9. The van der Waals surface area contributed by atoms with Gasteiger partial charge in [-0.3, -0.25) is 0 Å². The van der Waals surface area contributed by atoms with Crippen LogP contribution in [0.15, 0.2) is 54.6 Å². The van der Waals surface area contributed by atoms with E-state index in [-0.39, 0.29) is 6.10 Å². The van der Waals surface area contributed by atoms with Gasteiger partial charge < -0.3 is 9.84 Å². The van der Waals surface area contributed by atoms with Crippen molar-refractivity contribution in [3.8, 4) is 0 Å². The van der Waals surface area contributed by atoms with E-state index in [1.165, 1.54) is 24.0 Å². The Balaban J connectivity index is 1.96. The molecule has 1 N–H and O–H groups in total.